The molecule has 1 aromatic carbocycles. The van der Waals surface area contributed by atoms with E-state index >= 15 is 0 Å². The average molecular weight is 267 g/mol. The minimum absolute atomic E-state index is 0.443. The van der Waals surface area contributed by atoms with Crippen molar-refractivity contribution in [1.82, 2.24) is 5.32 Å². The van der Waals surface area contributed by atoms with Crippen LogP contribution < -0.4 is 5.32 Å². The van der Waals surface area contributed by atoms with Gasteiger partial charge in [-0.25, -0.2) is 0 Å². The zero-order chi connectivity index (χ0) is 14.2. The zero-order valence-electron chi connectivity index (χ0n) is 11.9. The fourth-order valence-corrected chi connectivity index (χ4v) is 2.52. The zero-order valence-corrected chi connectivity index (χ0v) is 11.9. The predicted octanol–water partition coefficient (Wildman–Crippen LogP) is 3.75. The van der Waals surface area contributed by atoms with E-state index in [4.69, 9.17) is 5.26 Å². The van der Waals surface area contributed by atoms with E-state index in [1.807, 2.05) is 48.7 Å². The summed E-state index contributed by atoms with van der Waals surface area (Å²) in [5.74, 6) is 1.49. The molecule has 0 amide bonds. The van der Waals surface area contributed by atoms with E-state index in [9.17, 15) is 0 Å². The molecule has 0 aromatic heterocycles. The lowest BCUT2D eigenvalue weighted by Crippen LogP contribution is -2.36. The number of nitriles is 1. The third-order valence-corrected chi connectivity index (χ3v) is 3.77. The van der Waals surface area contributed by atoms with Crippen molar-refractivity contribution in [3.63, 3.8) is 0 Å². The Morgan fingerprint density at radius 3 is 2.60 bits per heavy atom. The molecule has 3 nitrogen and oxygen atoms in total. The summed E-state index contributed by atoms with van der Waals surface area (Å²) in [6.07, 6.45) is 10.6. The predicted molar refractivity (Wildman–Crippen MR) is 83.1 cm³/mol. The second kappa shape index (κ2) is 7.49. The van der Waals surface area contributed by atoms with Crippen LogP contribution in [0.1, 0.15) is 38.2 Å². The highest BCUT2D eigenvalue weighted by molar-refractivity contribution is 5.97. The standard InChI is InChI=1S/C17H21N3/c1-14-7-10-16(11-8-14)20-17(19-13-18)12-9-15-5-3-2-4-6-15/h2-6,9,12,14,16H,7-8,10-11H2,1H3,(H,19,20). The molecule has 20 heavy (non-hydrogen) atoms. The second-order valence-electron chi connectivity index (χ2n) is 5.44. The number of nitrogens with zero attached hydrogens (tertiary/aromatic N) is 2. The van der Waals surface area contributed by atoms with Crippen molar-refractivity contribution in [2.24, 2.45) is 10.9 Å². The normalized spacial score (nSPS) is 23.5. The molecule has 1 fully saturated rings. The number of hydrogen-bond donors (Lipinski definition) is 1. The van der Waals surface area contributed by atoms with E-state index in [1.165, 1.54) is 12.8 Å². The van der Waals surface area contributed by atoms with Crippen LogP contribution in [-0.4, -0.2) is 11.9 Å². The fraction of sp³-hybridized carbons (Fsp3) is 0.412. The second-order valence-corrected chi connectivity index (χ2v) is 5.44. The van der Waals surface area contributed by atoms with E-state index in [0.29, 0.717) is 11.9 Å². The van der Waals surface area contributed by atoms with Gasteiger partial charge in [-0.3, -0.25) is 0 Å². The minimum atomic E-state index is 0.443. The molecular weight excluding hydrogens is 246 g/mol. The first-order valence-corrected chi connectivity index (χ1v) is 7.24. The number of nitrogens with one attached hydrogen (secondary N) is 1. The molecule has 0 saturated heterocycles. The molecule has 0 spiro atoms. The van der Waals surface area contributed by atoms with Gasteiger partial charge in [-0.2, -0.15) is 10.3 Å². The van der Waals surface area contributed by atoms with Crippen LogP contribution in [0, 0.1) is 17.4 Å². The van der Waals surface area contributed by atoms with Gasteiger partial charge >= 0.3 is 0 Å². The number of rotatable bonds is 3. The lowest BCUT2D eigenvalue weighted by atomic mass is 9.87. The van der Waals surface area contributed by atoms with Gasteiger partial charge in [-0.1, -0.05) is 43.3 Å². The van der Waals surface area contributed by atoms with Crippen molar-refractivity contribution in [1.29, 1.82) is 5.26 Å². The molecule has 1 aliphatic rings. The molecule has 0 heterocycles. The average Bonchev–Trinajstić information content (AvgIpc) is 2.48. The Bertz CT molecular complexity index is 503. The van der Waals surface area contributed by atoms with E-state index in [2.05, 4.69) is 17.2 Å². The van der Waals surface area contributed by atoms with Gasteiger partial charge in [0.15, 0.2) is 0 Å². The van der Waals surface area contributed by atoms with Gasteiger partial charge in [0.1, 0.15) is 5.84 Å². The third kappa shape index (κ3) is 4.55. The largest absolute Gasteiger partial charge is 0.367 e. The Morgan fingerprint density at radius 1 is 1.25 bits per heavy atom. The van der Waals surface area contributed by atoms with Crippen LogP contribution in [0.25, 0.3) is 6.08 Å². The van der Waals surface area contributed by atoms with Crippen LogP contribution in [0.2, 0.25) is 0 Å². The van der Waals surface area contributed by atoms with Crippen LogP contribution in [0.4, 0.5) is 0 Å². The van der Waals surface area contributed by atoms with Gasteiger partial charge in [-0.05, 0) is 43.2 Å². The van der Waals surface area contributed by atoms with E-state index in [1.54, 1.807) is 0 Å². The molecule has 2 rings (SSSR count). The fourth-order valence-electron chi connectivity index (χ4n) is 2.52. The maximum Gasteiger partial charge on any atom is 0.207 e. The molecule has 1 saturated carbocycles. The van der Waals surface area contributed by atoms with Gasteiger partial charge in [0.25, 0.3) is 0 Å². The smallest absolute Gasteiger partial charge is 0.207 e. The summed E-state index contributed by atoms with van der Waals surface area (Å²) in [6, 6.07) is 10.5. The van der Waals surface area contributed by atoms with Gasteiger partial charge < -0.3 is 5.32 Å². The highest BCUT2D eigenvalue weighted by Crippen LogP contribution is 2.23. The number of aliphatic imine (C=N–C) groups is 1. The summed E-state index contributed by atoms with van der Waals surface area (Å²) >= 11 is 0. The number of benzene rings is 1. The molecule has 1 aromatic rings. The topological polar surface area (TPSA) is 48.2 Å². The monoisotopic (exact) mass is 267 g/mol. The summed E-state index contributed by atoms with van der Waals surface area (Å²) < 4.78 is 0. The van der Waals surface area contributed by atoms with Gasteiger partial charge in [-0.15, -0.1) is 0 Å². The Hall–Kier alpha value is -2.08. The van der Waals surface area contributed by atoms with Crippen LogP contribution in [-0.2, 0) is 0 Å². The minimum Gasteiger partial charge on any atom is -0.367 e. The molecule has 0 radical (unpaired) electrons. The summed E-state index contributed by atoms with van der Waals surface area (Å²) in [6.45, 7) is 2.30. The maximum atomic E-state index is 8.79. The van der Waals surface area contributed by atoms with E-state index < -0.39 is 0 Å². The molecule has 1 N–H and O–H groups in total. The van der Waals surface area contributed by atoms with Crippen molar-refractivity contribution < 1.29 is 0 Å². The maximum absolute atomic E-state index is 8.79. The SMILES string of the molecule is CC1CCC(NC(C=Cc2ccccc2)=NC#N)CC1. The van der Waals surface area contributed by atoms with Gasteiger partial charge in [0.2, 0.25) is 6.19 Å². The van der Waals surface area contributed by atoms with Crippen molar-refractivity contribution in [3.05, 3.63) is 42.0 Å². The van der Waals surface area contributed by atoms with Crippen molar-refractivity contribution >= 4 is 11.9 Å². The van der Waals surface area contributed by atoms with Gasteiger partial charge in [0.05, 0.1) is 0 Å². The molecule has 3 heteroatoms. The molecule has 0 aliphatic heterocycles. The Balaban J connectivity index is 1.96. The molecule has 0 unspecified atom stereocenters. The lowest BCUT2D eigenvalue weighted by molar-refractivity contribution is 0.331. The first kappa shape index (κ1) is 14.3. The van der Waals surface area contributed by atoms with Crippen LogP contribution in [0.3, 0.4) is 0 Å². The highest BCUT2D eigenvalue weighted by Gasteiger charge is 2.18. The summed E-state index contributed by atoms with van der Waals surface area (Å²) in [5, 5.41) is 12.2. The van der Waals surface area contributed by atoms with Crippen LogP contribution >= 0.6 is 0 Å². The lowest BCUT2D eigenvalue weighted by Gasteiger charge is -2.27. The molecular formula is C17H21N3. The van der Waals surface area contributed by atoms with Crippen LogP contribution in [0.15, 0.2) is 41.4 Å². The molecule has 0 atom stereocenters. The van der Waals surface area contributed by atoms with Crippen LogP contribution in [0.5, 0.6) is 0 Å². The van der Waals surface area contributed by atoms with E-state index in [-0.39, 0.29) is 0 Å². The van der Waals surface area contributed by atoms with Crippen molar-refractivity contribution in [3.8, 4) is 6.19 Å². The Kier molecular flexibility index (Phi) is 5.37. The summed E-state index contributed by atoms with van der Waals surface area (Å²) in [7, 11) is 0. The molecule has 0 bridgehead atoms. The first-order chi connectivity index (χ1) is 9.78. The first-order valence-electron chi connectivity index (χ1n) is 7.24. The third-order valence-electron chi connectivity index (χ3n) is 3.77. The van der Waals surface area contributed by atoms with Gasteiger partial charge in [0, 0.05) is 6.04 Å². The Morgan fingerprint density at radius 2 is 1.95 bits per heavy atom. The van der Waals surface area contributed by atoms with Crippen molar-refractivity contribution in [2.75, 3.05) is 0 Å². The van der Waals surface area contributed by atoms with Crippen molar-refractivity contribution in [2.45, 2.75) is 38.6 Å². The van der Waals surface area contributed by atoms with E-state index in [0.717, 1.165) is 24.3 Å². The summed E-state index contributed by atoms with van der Waals surface area (Å²) in [4.78, 5) is 3.88. The number of amidine groups is 1. The quantitative estimate of drug-likeness (QED) is 0.515. The molecule has 104 valence electrons. The molecule has 1 aliphatic carbocycles. The highest BCUT2D eigenvalue weighted by atomic mass is 15.0. The Labute approximate surface area is 121 Å². The summed E-state index contributed by atoms with van der Waals surface area (Å²) in [5.41, 5.74) is 1.11. The number of hydrogen-bond acceptors (Lipinski definition) is 2.